The molecule has 4 rings (SSSR count). The standard InChI is InChI=1S/C18H18N6O3/c19-7-13-17(23-5-2-11(9-23)24-4-1-3-21-24)12-6-14(16(26)10-25)20-8-15(12)22-18(13)27/h1,3-4,6,8,11,16,25-26H,2,5,9-10H2,(H,22,27). The van der Waals surface area contributed by atoms with Gasteiger partial charge in [0.15, 0.2) is 0 Å². The zero-order chi connectivity index (χ0) is 19.0. The second-order valence-corrected chi connectivity index (χ2v) is 6.52. The van der Waals surface area contributed by atoms with Crippen molar-refractivity contribution < 1.29 is 10.2 Å². The molecule has 0 saturated carbocycles. The fourth-order valence-electron chi connectivity index (χ4n) is 3.56. The van der Waals surface area contributed by atoms with Crippen LogP contribution in [0.25, 0.3) is 10.9 Å². The maximum atomic E-state index is 12.4. The smallest absolute Gasteiger partial charge is 0.268 e. The number of rotatable bonds is 4. The summed E-state index contributed by atoms with van der Waals surface area (Å²) < 4.78 is 1.88. The Hall–Kier alpha value is -3.22. The maximum Gasteiger partial charge on any atom is 0.268 e. The SMILES string of the molecule is N#Cc1c(N2CCC(n3cccn3)C2)c2cc(C(O)CO)ncc2[nH]c1=O. The molecule has 1 fully saturated rings. The molecule has 138 valence electrons. The molecule has 0 spiro atoms. The van der Waals surface area contributed by atoms with Crippen LogP contribution < -0.4 is 10.5 Å². The molecule has 1 saturated heterocycles. The summed E-state index contributed by atoms with van der Waals surface area (Å²) in [4.78, 5) is 21.2. The Bertz CT molecular complexity index is 1070. The average Bonchev–Trinajstić information content (AvgIpc) is 3.37. The van der Waals surface area contributed by atoms with Gasteiger partial charge >= 0.3 is 0 Å². The molecule has 3 aromatic heterocycles. The van der Waals surface area contributed by atoms with E-state index in [1.165, 1.54) is 6.20 Å². The van der Waals surface area contributed by atoms with E-state index < -0.39 is 18.3 Å². The first-order chi connectivity index (χ1) is 13.1. The van der Waals surface area contributed by atoms with Gasteiger partial charge in [-0.05, 0) is 18.6 Å². The van der Waals surface area contributed by atoms with Gasteiger partial charge in [0.2, 0.25) is 0 Å². The van der Waals surface area contributed by atoms with Gasteiger partial charge in [-0.2, -0.15) is 10.4 Å². The number of hydrogen-bond acceptors (Lipinski definition) is 7. The van der Waals surface area contributed by atoms with E-state index in [-0.39, 0.29) is 17.3 Å². The molecule has 2 atom stereocenters. The van der Waals surface area contributed by atoms with Crippen LogP contribution in [0.4, 0.5) is 5.69 Å². The Morgan fingerprint density at radius 3 is 3.04 bits per heavy atom. The highest BCUT2D eigenvalue weighted by Gasteiger charge is 2.28. The first kappa shape index (κ1) is 17.2. The summed E-state index contributed by atoms with van der Waals surface area (Å²) in [6.07, 6.45) is 4.76. The van der Waals surface area contributed by atoms with Crippen LogP contribution in [-0.2, 0) is 0 Å². The third-order valence-corrected chi connectivity index (χ3v) is 4.90. The van der Waals surface area contributed by atoms with Crippen LogP contribution in [0, 0.1) is 11.3 Å². The molecule has 4 heterocycles. The minimum atomic E-state index is -1.13. The lowest BCUT2D eigenvalue weighted by Crippen LogP contribution is -2.26. The summed E-state index contributed by atoms with van der Waals surface area (Å²) in [5.41, 5.74) is 0.842. The van der Waals surface area contributed by atoms with E-state index >= 15 is 0 Å². The largest absolute Gasteiger partial charge is 0.393 e. The predicted molar refractivity (Wildman–Crippen MR) is 97.2 cm³/mol. The third kappa shape index (κ3) is 2.95. The Kier molecular flexibility index (Phi) is 4.35. The monoisotopic (exact) mass is 366 g/mol. The number of fused-ring (bicyclic) bond motifs is 1. The van der Waals surface area contributed by atoms with Crippen LogP contribution in [-0.4, -0.2) is 49.7 Å². The summed E-state index contributed by atoms with van der Waals surface area (Å²) in [5.74, 6) is 0. The van der Waals surface area contributed by atoms with Gasteiger partial charge in [-0.25, -0.2) is 0 Å². The normalized spacial score (nSPS) is 18.0. The van der Waals surface area contributed by atoms with Gasteiger partial charge in [0.25, 0.3) is 5.56 Å². The van der Waals surface area contributed by atoms with Crippen LogP contribution >= 0.6 is 0 Å². The van der Waals surface area contributed by atoms with Crippen molar-refractivity contribution in [3.8, 4) is 6.07 Å². The van der Waals surface area contributed by atoms with E-state index in [0.717, 1.165) is 6.42 Å². The lowest BCUT2D eigenvalue weighted by Gasteiger charge is -2.22. The molecule has 3 aromatic rings. The van der Waals surface area contributed by atoms with Crippen molar-refractivity contribution in [3.63, 3.8) is 0 Å². The van der Waals surface area contributed by atoms with Crippen molar-refractivity contribution in [2.24, 2.45) is 0 Å². The third-order valence-electron chi connectivity index (χ3n) is 4.90. The molecular formula is C18H18N6O3. The summed E-state index contributed by atoms with van der Waals surface area (Å²) >= 11 is 0. The van der Waals surface area contributed by atoms with Gasteiger partial charge in [-0.3, -0.25) is 14.5 Å². The Balaban J connectivity index is 1.84. The van der Waals surface area contributed by atoms with Gasteiger partial charge in [0.05, 0.1) is 35.7 Å². The van der Waals surface area contributed by atoms with Gasteiger partial charge in [-0.15, -0.1) is 0 Å². The summed E-state index contributed by atoms with van der Waals surface area (Å²) in [6, 6.07) is 5.62. The number of anilines is 1. The number of pyridine rings is 2. The maximum absolute atomic E-state index is 12.4. The molecule has 9 heteroatoms. The fraction of sp³-hybridized carbons (Fsp3) is 0.333. The second-order valence-electron chi connectivity index (χ2n) is 6.52. The average molecular weight is 366 g/mol. The molecule has 0 aromatic carbocycles. The Morgan fingerprint density at radius 2 is 2.33 bits per heavy atom. The van der Waals surface area contributed by atoms with Gasteiger partial charge in [0.1, 0.15) is 17.7 Å². The Morgan fingerprint density at radius 1 is 1.48 bits per heavy atom. The highest BCUT2D eigenvalue weighted by atomic mass is 16.3. The van der Waals surface area contributed by atoms with Gasteiger partial charge in [0, 0.05) is 30.9 Å². The fourth-order valence-corrected chi connectivity index (χ4v) is 3.56. The number of nitrogens with one attached hydrogen (secondary N) is 1. The summed E-state index contributed by atoms with van der Waals surface area (Å²) in [7, 11) is 0. The number of nitriles is 1. The van der Waals surface area contributed by atoms with Crippen molar-refractivity contribution in [1.82, 2.24) is 19.7 Å². The van der Waals surface area contributed by atoms with Crippen LogP contribution in [0.1, 0.15) is 29.8 Å². The molecule has 0 bridgehead atoms. The highest BCUT2D eigenvalue weighted by molar-refractivity contribution is 5.94. The van der Waals surface area contributed by atoms with Crippen molar-refractivity contribution in [1.29, 1.82) is 5.26 Å². The minimum Gasteiger partial charge on any atom is -0.393 e. The number of aliphatic hydroxyl groups excluding tert-OH is 2. The Labute approximate surface area is 154 Å². The number of aliphatic hydroxyl groups is 2. The van der Waals surface area contributed by atoms with Crippen molar-refractivity contribution >= 4 is 16.6 Å². The summed E-state index contributed by atoms with van der Waals surface area (Å²) in [5, 5.41) is 33.6. The topological polar surface area (TPSA) is 131 Å². The number of nitrogens with zero attached hydrogens (tertiary/aromatic N) is 5. The number of aromatic nitrogens is 4. The van der Waals surface area contributed by atoms with Crippen LogP contribution in [0.2, 0.25) is 0 Å². The lowest BCUT2D eigenvalue weighted by atomic mass is 10.1. The van der Waals surface area contributed by atoms with E-state index in [1.807, 2.05) is 27.9 Å². The van der Waals surface area contributed by atoms with E-state index in [0.29, 0.717) is 29.7 Å². The first-order valence-electron chi connectivity index (χ1n) is 8.61. The molecular weight excluding hydrogens is 348 g/mol. The van der Waals surface area contributed by atoms with E-state index in [4.69, 9.17) is 0 Å². The second kappa shape index (κ2) is 6.83. The molecule has 27 heavy (non-hydrogen) atoms. The molecule has 0 amide bonds. The zero-order valence-electron chi connectivity index (χ0n) is 14.4. The number of hydrogen-bond donors (Lipinski definition) is 3. The first-order valence-corrected chi connectivity index (χ1v) is 8.61. The molecule has 9 nitrogen and oxygen atoms in total. The van der Waals surface area contributed by atoms with E-state index in [1.54, 1.807) is 12.3 Å². The van der Waals surface area contributed by atoms with E-state index in [9.17, 15) is 20.3 Å². The van der Waals surface area contributed by atoms with Gasteiger partial charge in [-0.1, -0.05) is 0 Å². The number of aromatic amines is 1. The van der Waals surface area contributed by atoms with Crippen molar-refractivity contribution in [3.05, 3.63) is 52.3 Å². The van der Waals surface area contributed by atoms with Crippen LogP contribution in [0.3, 0.4) is 0 Å². The predicted octanol–water partition coefficient (Wildman–Crippen LogP) is 0.468. The molecule has 2 unspecified atom stereocenters. The van der Waals surface area contributed by atoms with Crippen LogP contribution in [0.5, 0.6) is 0 Å². The molecule has 1 aliphatic rings. The van der Waals surface area contributed by atoms with Crippen molar-refractivity contribution in [2.75, 3.05) is 24.6 Å². The molecule has 0 aliphatic carbocycles. The van der Waals surface area contributed by atoms with E-state index in [2.05, 4.69) is 15.1 Å². The quantitative estimate of drug-likeness (QED) is 0.611. The van der Waals surface area contributed by atoms with Crippen LogP contribution in [0.15, 0.2) is 35.5 Å². The highest BCUT2D eigenvalue weighted by Crippen LogP contribution is 2.33. The minimum absolute atomic E-state index is 0.0271. The summed E-state index contributed by atoms with van der Waals surface area (Å²) in [6.45, 7) is 0.806. The molecule has 0 radical (unpaired) electrons. The molecule has 3 N–H and O–H groups in total. The number of H-pyrrole nitrogens is 1. The molecule has 1 aliphatic heterocycles. The van der Waals surface area contributed by atoms with Gasteiger partial charge < -0.3 is 20.1 Å². The lowest BCUT2D eigenvalue weighted by molar-refractivity contribution is 0.0924. The zero-order valence-corrected chi connectivity index (χ0v) is 14.4. The van der Waals surface area contributed by atoms with Crippen molar-refractivity contribution in [2.45, 2.75) is 18.6 Å².